The number of piperidine rings is 1. The van der Waals surface area contributed by atoms with Crippen LogP contribution in [0, 0.1) is 5.92 Å². The number of amides is 2. The molecule has 1 aromatic heterocycles. The Morgan fingerprint density at radius 1 is 1.39 bits per heavy atom. The number of alkyl halides is 1. The molecule has 2 heterocycles. The van der Waals surface area contributed by atoms with E-state index >= 15 is 0 Å². The van der Waals surface area contributed by atoms with Gasteiger partial charge in [0.2, 0.25) is 0 Å². The van der Waals surface area contributed by atoms with E-state index in [9.17, 15) is 14.0 Å². The number of nitrogens with zero attached hydrogens (tertiary/aromatic N) is 3. The number of aromatic nitrogens is 2. The highest BCUT2D eigenvalue weighted by Gasteiger charge is 2.43. The predicted molar refractivity (Wildman–Crippen MR) is 82.6 cm³/mol. The normalized spacial score (nSPS) is 20.3. The lowest BCUT2D eigenvalue weighted by atomic mass is 9.92. The molecule has 2 aliphatic rings. The minimum Gasteiger partial charge on any atom is -0.353 e. The smallest absolute Gasteiger partial charge is 0.274 e. The minimum absolute atomic E-state index is 0.0454. The minimum atomic E-state index is -1.85. The zero-order chi connectivity index (χ0) is 16.4. The van der Waals surface area contributed by atoms with E-state index in [0.29, 0.717) is 24.7 Å². The lowest BCUT2D eigenvalue weighted by Crippen LogP contribution is -2.52. The summed E-state index contributed by atoms with van der Waals surface area (Å²) in [4.78, 5) is 26.0. The fraction of sp³-hybridized carbons (Fsp3) is 0.688. The Hall–Kier alpha value is -1.92. The van der Waals surface area contributed by atoms with Gasteiger partial charge in [-0.25, -0.2) is 4.39 Å². The Kier molecular flexibility index (Phi) is 4.37. The number of carbonyl (C=O) groups is 2. The third-order valence-corrected chi connectivity index (χ3v) is 4.68. The Morgan fingerprint density at radius 2 is 2.09 bits per heavy atom. The van der Waals surface area contributed by atoms with Gasteiger partial charge in [0.1, 0.15) is 5.69 Å². The summed E-state index contributed by atoms with van der Waals surface area (Å²) in [5.41, 5.74) is -1.48. The van der Waals surface area contributed by atoms with E-state index in [4.69, 9.17) is 0 Å². The van der Waals surface area contributed by atoms with E-state index < -0.39 is 11.6 Å². The Labute approximate surface area is 135 Å². The van der Waals surface area contributed by atoms with Crippen molar-refractivity contribution in [3.05, 3.63) is 18.0 Å². The second-order valence-electron chi connectivity index (χ2n) is 6.47. The zero-order valence-corrected chi connectivity index (χ0v) is 13.4. The average molecular weight is 322 g/mol. The summed E-state index contributed by atoms with van der Waals surface area (Å²) in [7, 11) is 0. The summed E-state index contributed by atoms with van der Waals surface area (Å²) >= 11 is 0. The van der Waals surface area contributed by atoms with E-state index in [0.717, 1.165) is 12.8 Å². The third kappa shape index (κ3) is 3.54. The van der Waals surface area contributed by atoms with Crippen LogP contribution in [0.3, 0.4) is 0 Å². The van der Waals surface area contributed by atoms with E-state index in [1.807, 2.05) is 6.92 Å². The van der Waals surface area contributed by atoms with E-state index in [2.05, 4.69) is 10.4 Å². The Balaban J connectivity index is 1.54. The molecule has 2 fully saturated rings. The van der Waals surface area contributed by atoms with Crippen molar-refractivity contribution in [1.82, 2.24) is 20.0 Å². The molecule has 0 spiro atoms. The number of rotatable bonds is 5. The van der Waals surface area contributed by atoms with Gasteiger partial charge in [0.05, 0.1) is 0 Å². The van der Waals surface area contributed by atoms with Crippen molar-refractivity contribution in [3.63, 3.8) is 0 Å². The third-order valence-electron chi connectivity index (χ3n) is 4.68. The van der Waals surface area contributed by atoms with Gasteiger partial charge in [0.25, 0.3) is 11.8 Å². The van der Waals surface area contributed by atoms with Gasteiger partial charge in [0, 0.05) is 45.2 Å². The average Bonchev–Trinajstić information content (AvgIpc) is 3.27. The van der Waals surface area contributed by atoms with Crippen molar-refractivity contribution >= 4 is 11.8 Å². The van der Waals surface area contributed by atoms with Crippen molar-refractivity contribution in [2.75, 3.05) is 19.6 Å². The molecule has 0 radical (unpaired) electrons. The molecule has 3 rings (SSSR count). The second-order valence-corrected chi connectivity index (χ2v) is 6.47. The highest BCUT2D eigenvalue weighted by atomic mass is 19.1. The Morgan fingerprint density at radius 3 is 2.65 bits per heavy atom. The molecule has 6 nitrogen and oxygen atoms in total. The molecule has 0 atom stereocenters. The summed E-state index contributed by atoms with van der Waals surface area (Å²) in [5, 5.41) is 6.89. The van der Waals surface area contributed by atoms with Crippen LogP contribution in [0.5, 0.6) is 0 Å². The largest absolute Gasteiger partial charge is 0.353 e. The van der Waals surface area contributed by atoms with Gasteiger partial charge in [-0.2, -0.15) is 5.10 Å². The molecule has 7 heteroatoms. The van der Waals surface area contributed by atoms with Crippen LogP contribution >= 0.6 is 0 Å². The molecule has 23 heavy (non-hydrogen) atoms. The van der Waals surface area contributed by atoms with Crippen LogP contribution in [0.2, 0.25) is 0 Å². The summed E-state index contributed by atoms with van der Waals surface area (Å²) in [6.07, 6.45) is 4.08. The van der Waals surface area contributed by atoms with Crippen LogP contribution in [-0.2, 0) is 11.3 Å². The van der Waals surface area contributed by atoms with Crippen molar-refractivity contribution in [3.8, 4) is 0 Å². The monoisotopic (exact) mass is 322 g/mol. The molecule has 1 aromatic rings. The van der Waals surface area contributed by atoms with Crippen LogP contribution in [0.4, 0.5) is 4.39 Å². The number of halogens is 1. The van der Waals surface area contributed by atoms with Gasteiger partial charge < -0.3 is 10.2 Å². The molecule has 1 saturated heterocycles. The summed E-state index contributed by atoms with van der Waals surface area (Å²) in [5.74, 6) is -0.192. The Bertz CT molecular complexity index is 589. The van der Waals surface area contributed by atoms with Crippen molar-refractivity contribution in [2.45, 2.75) is 44.8 Å². The quantitative estimate of drug-likeness (QED) is 0.890. The molecule has 1 aliphatic carbocycles. The van der Waals surface area contributed by atoms with Crippen LogP contribution in [-0.4, -0.2) is 51.8 Å². The maximum Gasteiger partial charge on any atom is 0.274 e. The molecule has 0 aromatic carbocycles. The first kappa shape index (κ1) is 16.0. The molecular weight excluding hydrogens is 299 g/mol. The highest BCUT2D eigenvalue weighted by molar-refractivity contribution is 5.92. The molecule has 0 unspecified atom stereocenters. The fourth-order valence-corrected chi connectivity index (χ4v) is 2.82. The molecule has 2 amide bonds. The summed E-state index contributed by atoms with van der Waals surface area (Å²) in [6, 6.07) is 1.67. The van der Waals surface area contributed by atoms with E-state index in [1.54, 1.807) is 21.8 Å². The molecule has 0 bridgehead atoms. The van der Waals surface area contributed by atoms with Crippen molar-refractivity contribution in [2.24, 2.45) is 5.92 Å². The number of carbonyl (C=O) groups excluding carboxylic acids is 2. The predicted octanol–water partition coefficient (Wildman–Crippen LogP) is 1.37. The van der Waals surface area contributed by atoms with Gasteiger partial charge in [-0.15, -0.1) is 0 Å². The first-order chi connectivity index (χ1) is 11.0. The second kappa shape index (κ2) is 6.29. The van der Waals surface area contributed by atoms with Crippen LogP contribution in [0.1, 0.15) is 43.1 Å². The molecule has 1 aliphatic heterocycles. The molecule has 1 N–H and O–H groups in total. The van der Waals surface area contributed by atoms with E-state index in [-0.39, 0.29) is 31.8 Å². The van der Waals surface area contributed by atoms with Gasteiger partial charge >= 0.3 is 0 Å². The summed E-state index contributed by atoms with van der Waals surface area (Å²) < 4.78 is 16.4. The molecular formula is C16H23FN4O2. The maximum absolute atomic E-state index is 14.8. The number of hydrogen-bond acceptors (Lipinski definition) is 3. The van der Waals surface area contributed by atoms with Crippen LogP contribution in [0.15, 0.2) is 12.3 Å². The van der Waals surface area contributed by atoms with Crippen molar-refractivity contribution < 1.29 is 14.0 Å². The fourth-order valence-electron chi connectivity index (χ4n) is 2.82. The SMILES string of the molecule is CCn1ccc(C(=O)N2CCC(F)(C(=O)NCC3CC3)CC2)n1. The first-order valence-corrected chi connectivity index (χ1v) is 8.32. The number of likely N-dealkylation sites (tertiary alicyclic amines) is 1. The molecule has 1 saturated carbocycles. The van der Waals surface area contributed by atoms with E-state index in [1.165, 1.54) is 0 Å². The number of aryl methyl sites for hydroxylation is 1. The molecule has 126 valence electrons. The highest BCUT2D eigenvalue weighted by Crippen LogP contribution is 2.30. The zero-order valence-electron chi connectivity index (χ0n) is 13.4. The van der Waals surface area contributed by atoms with Crippen molar-refractivity contribution in [1.29, 1.82) is 0 Å². The maximum atomic E-state index is 14.8. The first-order valence-electron chi connectivity index (χ1n) is 8.32. The van der Waals surface area contributed by atoms with Crippen LogP contribution < -0.4 is 5.32 Å². The lowest BCUT2D eigenvalue weighted by Gasteiger charge is -2.35. The summed E-state index contributed by atoms with van der Waals surface area (Å²) in [6.45, 7) is 3.69. The number of hydrogen-bond donors (Lipinski definition) is 1. The van der Waals surface area contributed by atoms with Gasteiger partial charge in [0.15, 0.2) is 5.67 Å². The van der Waals surface area contributed by atoms with Gasteiger partial charge in [-0.05, 0) is 31.7 Å². The van der Waals surface area contributed by atoms with Gasteiger partial charge in [-0.3, -0.25) is 14.3 Å². The van der Waals surface area contributed by atoms with Crippen LogP contribution in [0.25, 0.3) is 0 Å². The topological polar surface area (TPSA) is 67.2 Å². The standard InChI is InChI=1S/C16H23FN4O2/c1-2-21-8-5-13(19-21)14(22)20-9-6-16(17,7-10-20)15(23)18-11-12-3-4-12/h5,8,12H,2-4,6-7,9-11H2,1H3,(H,18,23). The number of nitrogens with one attached hydrogen (secondary N) is 1. The van der Waals surface area contributed by atoms with Gasteiger partial charge in [-0.1, -0.05) is 0 Å². The lowest BCUT2D eigenvalue weighted by molar-refractivity contribution is -0.135.